The molecular formula is C13H10Cl3N. The van der Waals surface area contributed by atoms with Crippen molar-refractivity contribution in [1.29, 1.82) is 0 Å². The van der Waals surface area contributed by atoms with E-state index in [1.165, 1.54) is 0 Å². The first-order valence-electron chi connectivity index (χ1n) is 5.05. The quantitative estimate of drug-likeness (QED) is 0.845. The zero-order valence-electron chi connectivity index (χ0n) is 8.88. The fraction of sp³-hybridized carbons (Fsp3) is 0.0769. The summed E-state index contributed by atoms with van der Waals surface area (Å²) in [6.07, 6.45) is 0. The van der Waals surface area contributed by atoms with Crippen LogP contribution in [0.25, 0.3) is 11.1 Å². The second-order valence-electron chi connectivity index (χ2n) is 3.63. The second-order valence-corrected chi connectivity index (χ2v) is 4.91. The molecule has 0 unspecified atom stereocenters. The normalized spacial score (nSPS) is 10.6. The Bertz CT molecular complexity index is 552. The van der Waals surface area contributed by atoms with E-state index in [1.54, 1.807) is 12.1 Å². The molecule has 0 aliphatic carbocycles. The maximum Gasteiger partial charge on any atom is 0.0499 e. The Labute approximate surface area is 115 Å². The Balaban J connectivity index is 2.60. The van der Waals surface area contributed by atoms with E-state index < -0.39 is 0 Å². The Morgan fingerprint density at radius 2 is 1.41 bits per heavy atom. The molecular weight excluding hydrogens is 277 g/mol. The van der Waals surface area contributed by atoms with Gasteiger partial charge in [-0.15, -0.1) is 0 Å². The van der Waals surface area contributed by atoms with Gasteiger partial charge in [0.25, 0.3) is 0 Å². The van der Waals surface area contributed by atoms with Crippen LogP contribution >= 0.6 is 34.8 Å². The molecule has 0 aliphatic rings. The SMILES string of the molecule is NCc1cc(Cl)ccc1-c1ccc(Cl)cc1Cl. The van der Waals surface area contributed by atoms with Crippen LogP contribution in [0.3, 0.4) is 0 Å². The van der Waals surface area contributed by atoms with Gasteiger partial charge in [-0.05, 0) is 35.4 Å². The van der Waals surface area contributed by atoms with Crippen molar-refractivity contribution in [3.8, 4) is 11.1 Å². The minimum Gasteiger partial charge on any atom is -0.326 e. The van der Waals surface area contributed by atoms with E-state index in [9.17, 15) is 0 Å². The zero-order chi connectivity index (χ0) is 12.4. The molecule has 1 nitrogen and oxygen atoms in total. The molecule has 2 aromatic carbocycles. The number of nitrogens with two attached hydrogens (primary N) is 1. The molecule has 0 bridgehead atoms. The highest BCUT2D eigenvalue weighted by molar-refractivity contribution is 6.36. The largest absolute Gasteiger partial charge is 0.326 e. The summed E-state index contributed by atoms with van der Waals surface area (Å²) in [6.45, 7) is 0.412. The van der Waals surface area contributed by atoms with Crippen molar-refractivity contribution in [2.75, 3.05) is 0 Å². The highest BCUT2D eigenvalue weighted by Gasteiger charge is 2.08. The summed E-state index contributed by atoms with van der Waals surface area (Å²) in [5.74, 6) is 0. The standard InChI is InChI=1S/C13H10Cl3N/c14-9-1-3-11(8(5-9)7-17)12-4-2-10(15)6-13(12)16/h1-6H,7,17H2. The Morgan fingerprint density at radius 3 is 2.00 bits per heavy atom. The lowest BCUT2D eigenvalue weighted by atomic mass is 10.00. The topological polar surface area (TPSA) is 26.0 Å². The van der Waals surface area contributed by atoms with E-state index >= 15 is 0 Å². The van der Waals surface area contributed by atoms with Crippen LogP contribution in [-0.4, -0.2) is 0 Å². The molecule has 0 spiro atoms. The summed E-state index contributed by atoms with van der Waals surface area (Å²) in [5, 5.41) is 1.89. The van der Waals surface area contributed by atoms with Gasteiger partial charge in [0, 0.05) is 27.2 Å². The first kappa shape index (κ1) is 12.7. The smallest absolute Gasteiger partial charge is 0.0499 e. The first-order chi connectivity index (χ1) is 8.11. The average Bonchev–Trinajstić information content (AvgIpc) is 2.30. The summed E-state index contributed by atoms with van der Waals surface area (Å²) in [7, 11) is 0. The maximum atomic E-state index is 6.17. The lowest BCUT2D eigenvalue weighted by Crippen LogP contribution is -1.99. The molecule has 4 heteroatoms. The van der Waals surface area contributed by atoms with Gasteiger partial charge in [-0.25, -0.2) is 0 Å². The molecule has 0 aliphatic heterocycles. The molecule has 2 N–H and O–H groups in total. The summed E-state index contributed by atoms with van der Waals surface area (Å²) in [5.41, 5.74) is 8.56. The summed E-state index contributed by atoms with van der Waals surface area (Å²) in [4.78, 5) is 0. The molecule has 0 atom stereocenters. The molecule has 0 saturated heterocycles. The first-order valence-corrected chi connectivity index (χ1v) is 6.19. The van der Waals surface area contributed by atoms with Crippen molar-refractivity contribution in [2.45, 2.75) is 6.54 Å². The fourth-order valence-electron chi connectivity index (χ4n) is 1.70. The molecule has 0 heterocycles. The van der Waals surface area contributed by atoms with Crippen LogP contribution in [0.15, 0.2) is 36.4 Å². The van der Waals surface area contributed by atoms with Gasteiger partial charge in [0.2, 0.25) is 0 Å². The molecule has 88 valence electrons. The van der Waals surface area contributed by atoms with Crippen LogP contribution in [0.4, 0.5) is 0 Å². The monoisotopic (exact) mass is 285 g/mol. The summed E-state index contributed by atoms with van der Waals surface area (Å²) < 4.78 is 0. The van der Waals surface area contributed by atoms with Gasteiger partial charge in [0.15, 0.2) is 0 Å². The van der Waals surface area contributed by atoms with E-state index in [2.05, 4.69) is 0 Å². The van der Waals surface area contributed by atoms with E-state index in [0.717, 1.165) is 16.7 Å². The summed E-state index contributed by atoms with van der Waals surface area (Å²) >= 11 is 18.0. The van der Waals surface area contributed by atoms with Gasteiger partial charge in [-0.1, -0.05) is 46.9 Å². The van der Waals surface area contributed by atoms with Gasteiger partial charge < -0.3 is 5.73 Å². The molecule has 17 heavy (non-hydrogen) atoms. The zero-order valence-corrected chi connectivity index (χ0v) is 11.2. The van der Waals surface area contributed by atoms with E-state index in [1.807, 2.05) is 24.3 Å². The third-order valence-electron chi connectivity index (χ3n) is 2.51. The Hall–Kier alpha value is -0.730. The number of benzene rings is 2. The predicted molar refractivity (Wildman–Crippen MR) is 74.8 cm³/mol. The maximum absolute atomic E-state index is 6.17. The fourth-order valence-corrected chi connectivity index (χ4v) is 2.41. The lowest BCUT2D eigenvalue weighted by Gasteiger charge is -2.10. The van der Waals surface area contributed by atoms with E-state index in [-0.39, 0.29) is 0 Å². The van der Waals surface area contributed by atoms with Crippen LogP contribution in [0.5, 0.6) is 0 Å². The van der Waals surface area contributed by atoms with Crippen LogP contribution < -0.4 is 5.73 Å². The average molecular weight is 287 g/mol. The Kier molecular flexibility index (Phi) is 3.95. The van der Waals surface area contributed by atoms with Crippen LogP contribution in [0.2, 0.25) is 15.1 Å². The van der Waals surface area contributed by atoms with Crippen molar-refractivity contribution in [3.63, 3.8) is 0 Å². The van der Waals surface area contributed by atoms with Gasteiger partial charge in [0.1, 0.15) is 0 Å². The third-order valence-corrected chi connectivity index (χ3v) is 3.29. The van der Waals surface area contributed by atoms with E-state index in [0.29, 0.717) is 21.6 Å². The van der Waals surface area contributed by atoms with Gasteiger partial charge in [-0.2, -0.15) is 0 Å². The minimum atomic E-state index is 0.412. The lowest BCUT2D eigenvalue weighted by molar-refractivity contribution is 1.07. The van der Waals surface area contributed by atoms with Crippen molar-refractivity contribution < 1.29 is 0 Å². The number of hydrogen-bond donors (Lipinski definition) is 1. The van der Waals surface area contributed by atoms with Crippen LogP contribution in [0, 0.1) is 0 Å². The highest BCUT2D eigenvalue weighted by Crippen LogP contribution is 2.33. The molecule has 0 amide bonds. The van der Waals surface area contributed by atoms with Gasteiger partial charge in [-0.3, -0.25) is 0 Å². The van der Waals surface area contributed by atoms with Crippen molar-refractivity contribution in [2.24, 2.45) is 5.73 Å². The molecule has 0 radical (unpaired) electrons. The minimum absolute atomic E-state index is 0.412. The number of hydrogen-bond acceptors (Lipinski definition) is 1. The number of rotatable bonds is 2. The van der Waals surface area contributed by atoms with Crippen molar-refractivity contribution >= 4 is 34.8 Å². The molecule has 0 aromatic heterocycles. The van der Waals surface area contributed by atoms with Crippen LogP contribution in [0.1, 0.15) is 5.56 Å². The molecule has 2 aromatic rings. The molecule has 0 fully saturated rings. The second kappa shape index (κ2) is 5.28. The van der Waals surface area contributed by atoms with Gasteiger partial charge in [0.05, 0.1) is 0 Å². The predicted octanol–water partition coefficient (Wildman–Crippen LogP) is 4.77. The number of halogens is 3. The molecule has 0 saturated carbocycles. The summed E-state index contributed by atoms with van der Waals surface area (Å²) in [6, 6.07) is 11.0. The molecule has 2 rings (SSSR count). The van der Waals surface area contributed by atoms with Crippen molar-refractivity contribution in [1.82, 2.24) is 0 Å². The highest BCUT2D eigenvalue weighted by atomic mass is 35.5. The van der Waals surface area contributed by atoms with Gasteiger partial charge >= 0.3 is 0 Å². The van der Waals surface area contributed by atoms with Crippen molar-refractivity contribution in [3.05, 3.63) is 57.0 Å². The Morgan fingerprint density at radius 1 is 0.824 bits per heavy atom. The van der Waals surface area contributed by atoms with Crippen LogP contribution in [-0.2, 0) is 6.54 Å². The van der Waals surface area contributed by atoms with E-state index in [4.69, 9.17) is 40.5 Å². The third kappa shape index (κ3) is 2.75.